The molecule has 0 aliphatic rings. The second-order valence-corrected chi connectivity index (χ2v) is 2.43. The van der Waals surface area contributed by atoms with Gasteiger partial charge in [-0.15, -0.1) is 0 Å². The Morgan fingerprint density at radius 3 is 2.40 bits per heavy atom. The summed E-state index contributed by atoms with van der Waals surface area (Å²) in [4.78, 5) is 3.53. The molecule has 0 aromatic carbocycles. The van der Waals surface area contributed by atoms with Gasteiger partial charge in [-0.2, -0.15) is 0 Å². The molecule has 3 heteroatoms. The van der Waals surface area contributed by atoms with Gasteiger partial charge in [-0.1, -0.05) is 18.2 Å². The molecule has 0 aromatic heterocycles. The summed E-state index contributed by atoms with van der Waals surface area (Å²) in [5.74, 6) is -0.444. The summed E-state index contributed by atoms with van der Waals surface area (Å²) >= 11 is 5.34. The van der Waals surface area contributed by atoms with Crippen molar-refractivity contribution in [1.29, 1.82) is 0 Å². The summed E-state index contributed by atoms with van der Waals surface area (Å²) in [5.41, 5.74) is 0.349. The van der Waals surface area contributed by atoms with Crippen molar-refractivity contribution in [2.45, 2.75) is 13.8 Å². The SMILES string of the molecule is C=C(C)/C(F)=C\N=C(C)Cl. The molecule has 0 unspecified atom stereocenters. The molecule has 0 atom stereocenters. The first-order valence-electron chi connectivity index (χ1n) is 2.75. The van der Waals surface area contributed by atoms with E-state index < -0.39 is 5.83 Å². The molecule has 0 aliphatic heterocycles. The van der Waals surface area contributed by atoms with Crippen LogP contribution in [0.3, 0.4) is 0 Å². The molecule has 0 fully saturated rings. The smallest absolute Gasteiger partial charge is 0.143 e. The molecular weight excluding hydrogens is 153 g/mol. The van der Waals surface area contributed by atoms with E-state index in [0.29, 0.717) is 10.7 Å². The van der Waals surface area contributed by atoms with Crippen LogP contribution < -0.4 is 0 Å². The highest BCUT2D eigenvalue weighted by molar-refractivity contribution is 6.64. The average Bonchev–Trinajstić information content (AvgIpc) is 1.82. The largest absolute Gasteiger partial charge is 0.246 e. The number of hydrogen-bond acceptors (Lipinski definition) is 1. The predicted molar refractivity (Wildman–Crippen MR) is 43.0 cm³/mol. The predicted octanol–water partition coefficient (Wildman–Crippen LogP) is 3.03. The lowest BCUT2D eigenvalue weighted by Crippen LogP contribution is -1.75. The second-order valence-electron chi connectivity index (χ2n) is 1.88. The van der Waals surface area contributed by atoms with Crippen LogP contribution in [-0.2, 0) is 0 Å². The Morgan fingerprint density at radius 2 is 2.10 bits per heavy atom. The molecule has 0 saturated heterocycles. The van der Waals surface area contributed by atoms with E-state index in [2.05, 4.69) is 11.6 Å². The van der Waals surface area contributed by atoms with E-state index in [0.717, 1.165) is 6.20 Å². The number of nitrogens with zero attached hydrogens (tertiary/aromatic N) is 1. The number of hydrogen-bond donors (Lipinski definition) is 0. The maximum absolute atomic E-state index is 12.5. The summed E-state index contributed by atoms with van der Waals surface area (Å²) in [6.07, 6.45) is 1.05. The van der Waals surface area contributed by atoms with Crippen LogP contribution in [0.25, 0.3) is 0 Å². The van der Waals surface area contributed by atoms with Gasteiger partial charge in [-0.25, -0.2) is 9.38 Å². The van der Waals surface area contributed by atoms with Gasteiger partial charge in [0, 0.05) is 0 Å². The summed E-state index contributed by atoms with van der Waals surface area (Å²) in [6.45, 7) is 6.51. The molecule has 0 radical (unpaired) electrons. The third-order valence-electron chi connectivity index (χ3n) is 0.763. The Bertz CT molecular complexity index is 190. The van der Waals surface area contributed by atoms with E-state index in [9.17, 15) is 4.39 Å². The first kappa shape index (κ1) is 9.37. The minimum atomic E-state index is -0.444. The van der Waals surface area contributed by atoms with Crippen LogP contribution in [-0.4, -0.2) is 5.17 Å². The molecular formula is C7H9ClFN. The monoisotopic (exact) mass is 161 g/mol. The lowest BCUT2D eigenvalue weighted by Gasteiger charge is -1.89. The number of aliphatic imine (C=N–C) groups is 1. The lowest BCUT2D eigenvalue weighted by atomic mass is 10.3. The first-order chi connectivity index (χ1) is 4.54. The van der Waals surface area contributed by atoms with E-state index in [4.69, 9.17) is 11.6 Å². The van der Waals surface area contributed by atoms with Crippen molar-refractivity contribution in [3.05, 3.63) is 24.2 Å². The van der Waals surface area contributed by atoms with Gasteiger partial charge in [0.05, 0.1) is 6.20 Å². The zero-order valence-corrected chi connectivity index (χ0v) is 6.74. The molecule has 0 heterocycles. The summed E-state index contributed by atoms with van der Waals surface area (Å²) in [7, 11) is 0. The van der Waals surface area contributed by atoms with Crippen LogP contribution in [0.15, 0.2) is 29.2 Å². The molecule has 0 saturated carbocycles. The topological polar surface area (TPSA) is 12.4 Å². The van der Waals surface area contributed by atoms with Gasteiger partial charge in [0.15, 0.2) is 0 Å². The maximum atomic E-state index is 12.5. The Labute approximate surface area is 64.9 Å². The van der Waals surface area contributed by atoms with Gasteiger partial charge in [0.2, 0.25) is 0 Å². The highest BCUT2D eigenvalue weighted by Crippen LogP contribution is 2.07. The van der Waals surface area contributed by atoms with Crippen LogP contribution >= 0.6 is 11.6 Å². The Morgan fingerprint density at radius 1 is 1.60 bits per heavy atom. The quantitative estimate of drug-likeness (QED) is 0.436. The van der Waals surface area contributed by atoms with Crippen LogP contribution in [0.5, 0.6) is 0 Å². The molecule has 56 valence electrons. The van der Waals surface area contributed by atoms with Crippen LogP contribution in [0.4, 0.5) is 4.39 Å². The molecule has 0 aliphatic carbocycles. The van der Waals surface area contributed by atoms with Crippen LogP contribution in [0.1, 0.15) is 13.8 Å². The van der Waals surface area contributed by atoms with Gasteiger partial charge in [0.1, 0.15) is 11.0 Å². The fourth-order valence-electron chi connectivity index (χ4n) is 0.256. The Kier molecular flexibility index (Phi) is 3.96. The van der Waals surface area contributed by atoms with Gasteiger partial charge < -0.3 is 0 Å². The van der Waals surface area contributed by atoms with Gasteiger partial charge in [-0.05, 0) is 19.4 Å². The molecule has 0 N–H and O–H groups in total. The van der Waals surface area contributed by atoms with E-state index >= 15 is 0 Å². The minimum absolute atomic E-state index is 0.302. The standard InChI is InChI=1S/C7H9ClFN/c1-5(2)7(9)4-10-6(3)8/h4H,1H2,2-3H3/b7-4+,10-6?. The molecule has 10 heavy (non-hydrogen) atoms. The maximum Gasteiger partial charge on any atom is 0.143 e. The van der Waals surface area contributed by atoms with Crippen molar-refractivity contribution in [3.8, 4) is 0 Å². The summed E-state index contributed by atoms with van der Waals surface area (Å²) in [5, 5.41) is 0.302. The zero-order chi connectivity index (χ0) is 8.15. The van der Waals surface area contributed by atoms with Crippen molar-refractivity contribution in [3.63, 3.8) is 0 Å². The van der Waals surface area contributed by atoms with Crippen molar-refractivity contribution >= 4 is 16.8 Å². The van der Waals surface area contributed by atoms with E-state index in [1.807, 2.05) is 0 Å². The van der Waals surface area contributed by atoms with Gasteiger partial charge in [-0.3, -0.25) is 0 Å². The van der Waals surface area contributed by atoms with E-state index in [-0.39, 0.29) is 0 Å². The highest BCUT2D eigenvalue weighted by atomic mass is 35.5. The van der Waals surface area contributed by atoms with Crippen molar-refractivity contribution in [2.75, 3.05) is 0 Å². The summed E-state index contributed by atoms with van der Waals surface area (Å²) < 4.78 is 12.5. The number of rotatable bonds is 2. The molecule has 0 aromatic rings. The fraction of sp³-hybridized carbons (Fsp3) is 0.286. The molecule has 0 rings (SSSR count). The lowest BCUT2D eigenvalue weighted by molar-refractivity contribution is 0.649. The summed E-state index contributed by atoms with van der Waals surface area (Å²) in [6, 6.07) is 0. The second kappa shape index (κ2) is 4.23. The van der Waals surface area contributed by atoms with Gasteiger partial charge in [0.25, 0.3) is 0 Å². The van der Waals surface area contributed by atoms with Crippen molar-refractivity contribution in [2.24, 2.45) is 4.99 Å². The third-order valence-corrected chi connectivity index (χ3v) is 0.861. The number of allylic oxidation sites excluding steroid dienone is 2. The molecule has 0 amide bonds. The highest BCUT2D eigenvalue weighted by Gasteiger charge is 1.91. The number of halogens is 2. The first-order valence-corrected chi connectivity index (χ1v) is 3.13. The fourth-order valence-corrected chi connectivity index (χ4v) is 0.305. The van der Waals surface area contributed by atoms with Crippen LogP contribution in [0.2, 0.25) is 0 Å². The van der Waals surface area contributed by atoms with Crippen LogP contribution in [0, 0.1) is 0 Å². The molecule has 1 nitrogen and oxygen atoms in total. The molecule has 0 bridgehead atoms. The van der Waals surface area contributed by atoms with Crippen molar-refractivity contribution in [1.82, 2.24) is 0 Å². The normalized spacial score (nSPS) is 13.6. The average molecular weight is 162 g/mol. The minimum Gasteiger partial charge on any atom is -0.246 e. The van der Waals surface area contributed by atoms with E-state index in [1.165, 1.54) is 0 Å². The third kappa shape index (κ3) is 4.27. The van der Waals surface area contributed by atoms with Gasteiger partial charge >= 0.3 is 0 Å². The molecule has 0 spiro atoms. The Balaban J connectivity index is 4.19. The van der Waals surface area contributed by atoms with E-state index in [1.54, 1.807) is 13.8 Å². The Hall–Kier alpha value is -0.630. The van der Waals surface area contributed by atoms with Crippen molar-refractivity contribution < 1.29 is 4.39 Å². The zero-order valence-electron chi connectivity index (χ0n) is 5.99.